The van der Waals surface area contributed by atoms with Gasteiger partial charge in [-0.1, -0.05) is 62.2 Å². The lowest BCUT2D eigenvalue weighted by Crippen LogP contribution is -2.16. The van der Waals surface area contributed by atoms with Crippen LogP contribution in [0, 0.1) is 11.3 Å². The molecule has 0 unspecified atom stereocenters. The number of nitrogens with one attached hydrogen (secondary N) is 2. The number of thioether (sulfide) groups is 1. The highest BCUT2D eigenvalue weighted by molar-refractivity contribution is 7.99. The number of hydrogen-bond donors (Lipinski definition) is 2. The molecule has 1 heterocycles. The molecule has 0 saturated heterocycles. The van der Waals surface area contributed by atoms with Crippen molar-refractivity contribution in [1.82, 2.24) is 9.97 Å². The zero-order chi connectivity index (χ0) is 21.2. The van der Waals surface area contributed by atoms with E-state index in [0.29, 0.717) is 11.3 Å². The molecule has 0 atom stereocenters. The molecule has 2 N–H and O–H groups in total. The topological polar surface area (TPSA) is 93.9 Å². The largest absolute Gasteiger partial charge is 0.290 e. The van der Waals surface area contributed by atoms with Crippen LogP contribution in [0.2, 0.25) is 0 Å². The van der Waals surface area contributed by atoms with Crippen LogP contribution in [-0.4, -0.2) is 21.9 Å². The normalized spacial score (nSPS) is 10.8. The highest BCUT2D eigenvalue weighted by Gasteiger charge is 2.12. The molecule has 0 aliphatic heterocycles. The molecule has 30 heavy (non-hydrogen) atoms. The first kappa shape index (κ1) is 21.3. The molecule has 0 aliphatic rings. The molecule has 152 valence electrons. The molecule has 0 saturated carbocycles. The van der Waals surface area contributed by atoms with Gasteiger partial charge in [0.1, 0.15) is 11.6 Å². The molecular weight excluding hydrogens is 394 g/mol. The fourth-order valence-electron chi connectivity index (χ4n) is 2.83. The van der Waals surface area contributed by atoms with Gasteiger partial charge < -0.3 is 0 Å². The monoisotopic (exact) mass is 417 g/mol. The standard InChI is InChI=1S/C23H23N5OS/c1-2-3-7-13-30-19-12-8-9-17(14-19)16-25-28-23-26-21(18-10-5-4-6-11-18)20(15-24)22(29)27-23/h4-6,8-12,14,16H,2-3,7,13H2,1H3,(H2,26,27,28,29). The van der Waals surface area contributed by atoms with Crippen molar-refractivity contribution >= 4 is 23.9 Å². The van der Waals surface area contributed by atoms with Crippen molar-refractivity contribution in [2.24, 2.45) is 5.10 Å². The van der Waals surface area contributed by atoms with Crippen LogP contribution in [-0.2, 0) is 0 Å². The van der Waals surface area contributed by atoms with Crippen molar-refractivity contribution in [3.8, 4) is 17.3 Å². The van der Waals surface area contributed by atoms with E-state index in [9.17, 15) is 10.1 Å². The number of aromatic nitrogens is 2. The predicted molar refractivity (Wildman–Crippen MR) is 123 cm³/mol. The average molecular weight is 418 g/mol. The number of benzene rings is 2. The maximum Gasteiger partial charge on any atom is 0.270 e. The first-order valence-corrected chi connectivity index (χ1v) is 10.8. The van der Waals surface area contributed by atoms with Crippen LogP contribution in [0.15, 0.2) is 69.4 Å². The van der Waals surface area contributed by atoms with E-state index < -0.39 is 5.56 Å². The Hall–Kier alpha value is -3.37. The molecule has 0 fully saturated rings. The van der Waals surface area contributed by atoms with Gasteiger partial charge in [-0.2, -0.15) is 10.4 Å². The number of hydrogen-bond acceptors (Lipinski definition) is 6. The first-order chi connectivity index (χ1) is 14.7. The molecule has 6 nitrogen and oxygen atoms in total. The Bertz CT molecular complexity index is 1100. The summed E-state index contributed by atoms with van der Waals surface area (Å²) in [6.45, 7) is 2.20. The second-order valence-corrected chi connectivity index (χ2v) is 7.78. The van der Waals surface area contributed by atoms with Crippen LogP contribution < -0.4 is 11.0 Å². The SMILES string of the molecule is CCCCCSc1cccc(C=NNc2nc(-c3ccccc3)c(C#N)c(=O)[nH]2)c1. The summed E-state index contributed by atoms with van der Waals surface area (Å²) in [7, 11) is 0. The zero-order valence-corrected chi connectivity index (χ0v) is 17.6. The molecule has 7 heteroatoms. The third-order valence-corrected chi connectivity index (χ3v) is 5.42. The zero-order valence-electron chi connectivity index (χ0n) is 16.8. The fourth-order valence-corrected chi connectivity index (χ4v) is 3.81. The Morgan fingerprint density at radius 3 is 2.80 bits per heavy atom. The smallest absolute Gasteiger partial charge is 0.270 e. The summed E-state index contributed by atoms with van der Waals surface area (Å²) >= 11 is 1.84. The Balaban J connectivity index is 1.73. The van der Waals surface area contributed by atoms with Crippen molar-refractivity contribution in [2.45, 2.75) is 31.1 Å². The Labute approximate surface area is 180 Å². The van der Waals surface area contributed by atoms with Gasteiger partial charge >= 0.3 is 0 Å². The third-order valence-electron chi connectivity index (χ3n) is 4.34. The Kier molecular flexibility index (Phi) is 7.81. The number of H-pyrrole nitrogens is 1. The maximum absolute atomic E-state index is 12.3. The van der Waals surface area contributed by atoms with Crippen molar-refractivity contribution < 1.29 is 0 Å². The summed E-state index contributed by atoms with van der Waals surface area (Å²) in [5, 5.41) is 13.5. The minimum absolute atomic E-state index is 0.0245. The van der Waals surface area contributed by atoms with E-state index in [-0.39, 0.29) is 11.5 Å². The molecule has 0 radical (unpaired) electrons. The lowest BCUT2D eigenvalue weighted by molar-refractivity contribution is 0.778. The lowest BCUT2D eigenvalue weighted by atomic mass is 10.1. The molecule has 3 aromatic rings. The van der Waals surface area contributed by atoms with E-state index >= 15 is 0 Å². The molecule has 0 aliphatic carbocycles. The van der Waals surface area contributed by atoms with Gasteiger partial charge in [0.2, 0.25) is 5.95 Å². The summed E-state index contributed by atoms with van der Waals surface area (Å²) in [4.78, 5) is 20.4. The summed E-state index contributed by atoms with van der Waals surface area (Å²) in [6, 6.07) is 19.2. The summed E-state index contributed by atoms with van der Waals surface area (Å²) < 4.78 is 0. The van der Waals surface area contributed by atoms with Gasteiger partial charge in [0, 0.05) is 10.5 Å². The molecule has 0 bridgehead atoms. The number of unbranched alkanes of at least 4 members (excludes halogenated alkanes) is 2. The van der Waals surface area contributed by atoms with Gasteiger partial charge in [-0.3, -0.25) is 9.78 Å². The highest BCUT2D eigenvalue weighted by Crippen LogP contribution is 2.21. The van der Waals surface area contributed by atoms with Gasteiger partial charge in [-0.15, -0.1) is 11.8 Å². The minimum Gasteiger partial charge on any atom is -0.290 e. The van der Waals surface area contributed by atoms with Crippen molar-refractivity contribution in [1.29, 1.82) is 5.26 Å². The average Bonchev–Trinajstić information content (AvgIpc) is 2.77. The van der Waals surface area contributed by atoms with E-state index in [1.165, 1.54) is 24.2 Å². The number of aromatic amines is 1. The Morgan fingerprint density at radius 2 is 2.03 bits per heavy atom. The quantitative estimate of drug-likeness (QED) is 0.220. The number of hydrazone groups is 1. The number of nitriles is 1. The molecule has 1 aromatic heterocycles. The van der Waals surface area contributed by atoms with E-state index in [1.807, 2.05) is 48.2 Å². The Morgan fingerprint density at radius 1 is 1.20 bits per heavy atom. The van der Waals surface area contributed by atoms with Crippen LogP contribution in [0.25, 0.3) is 11.3 Å². The molecular formula is C23H23N5OS. The van der Waals surface area contributed by atoms with E-state index in [4.69, 9.17) is 0 Å². The van der Waals surface area contributed by atoms with Crippen LogP contribution in [0.4, 0.5) is 5.95 Å². The number of rotatable bonds is 9. The van der Waals surface area contributed by atoms with Crippen molar-refractivity contribution in [3.63, 3.8) is 0 Å². The number of nitrogens with zero attached hydrogens (tertiary/aromatic N) is 3. The molecule has 0 amide bonds. The van der Waals surface area contributed by atoms with Crippen LogP contribution in [0.3, 0.4) is 0 Å². The van der Waals surface area contributed by atoms with Gasteiger partial charge in [0.25, 0.3) is 5.56 Å². The fraction of sp³-hybridized carbons (Fsp3) is 0.217. The summed E-state index contributed by atoms with van der Waals surface area (Å²) in [5.74, 6) is 1.28. The van der Waals surface area contributed by atoms with E-state index in [1.54, 1.807) is 18.3 Å². The second kappa shape index (κ2) is 11.0. The second-order valence-electron chi connectivity index (χ2n) is 6.61. The number of anilines is 1. The predicted octanol–water partition coefficient (Wildman–Crippen LogP) is 5.04. The van der Waals surface area contributed by atoms with Crippen molar-refractivity contribution in [3.05, 3.63) is 76.1 Å². The lowest BCUT2D eigenvalue weighted by Gasteiger charge is -2.06. The van der Waals surface area contributed by atoms with E-state index in [2.05, 4.69) is 39.6 Å². The molecule has 0 spiro atoms. The van der Waals surface area contributed by atoms with Crippen LogP contribution in [0.5, 0.6) is 0 Å². The highest BCUT2D eigenvalue weighted by atomic mass is 32.2. The van der Waals surface area contributed by atoms with Crippen LogP contribution in [0.1, 0.15) is 37.3 Å². The van der Waals surface area contributed by atoms with Gasteiger partial charge in [0.15, 0.2) is 0 Å². The maximum atomic E-state index is 12.3. The van der Waals surface area contributed by atoms with Gasteiger partial charge in [-0.25, -0.2) is 10.4 Å². The minimum atomic E-state index is -0.505. The molecule has 2 aromatic carbocycles. The van der Waals surface area contributed by atoms with E-state index in [0.717, 1.165) is 11.3 Å². The van der Waals surface area contributed by atoms with Gasteiger partial charge in [0.05, 0.1) is 11.9 Å². The summed E-state index contributed by atoms with van der Waals surface area (Å²) in [6.07, 6.45) is 5.36. The van der Waals surface area contributed by atoms with Gasteiger partial charge in [-0.05, 0) is 29.9 Å². The first-order valence-electron chi connectivity index (χ1n) is 9.83. The summed E-state index contributed by atoms with van der Waals surface area (Å²) in [5.41, 5.74) is 4.20. The van der Waals surface area contributed by atoms with Crippen molar-refractivity contribution in [2.75, 3.05) is 11.2 Å². The van der Waals surface area contributed by atoms with Crippen LogP contribution >= 0.6 is 11.8 Å². The third kappa shape index (κ3) is 5.82. The molecule has 3 rings (SSSR count).